The van der Waals surface area contributed by atoms with Crippen LogP contribution in [0.15, 0.2) is 0 Å². The Labute approximate surface area is 113 Å². The molecule has 2 saturated carbocycles. The van der Waals surface area contributed by atoms with Crippen LogP contribution < -0.4 is 5.32 Å². The first kappa shape index (κ1) is 12.9. The Morgan fingerprint density at radius 1 is 1.11 bits per heavy atom. The van der Waals surface area contributed by atoms with E-state index in [2.05, 4.69) is 37.9 Å². The van der Waals surface area contributed by atoms with E-state index in [0.717, 1.165) is 17.8 Å². The Balaban J connectivity index is 1.76. The molecule has 1 heterocycles. The molecular weight excluding hydrogens is 220 g/mol. The number of rotatable bonds is 4. The maximum atomic E-state index is 3.93. The molecule has 2 atom stereocenters. The van der Waals surface area contributed by atoms with Gasteiger partial charge in [0, 0.05) is 30.7 Å². The molecule has 0 bridgehead atoms. The fourth-order valence-electron chi connectivity index (χ4n) is 3.94. The minimum absolute atomic E-state index is 0.392. The molecule has 2 nitrogen and oxygen atoms in total. The van der Waals surface area contributed by atoms with Crippen LogP contribution in [0.3, 0.4) is 0 Å². The molecule has 3 aliphatic rings. The van der Waals surface area contributed by atoms with Crippen molar-refractivity contribution in [3.8, 4) is 0 Å². The molecular formula is C16H30N2. The summed E-state index contributed by atoms with van der Waals surface area (Å²) in [6.45, 7) is 13.4. The number of piperazine rings is 1. The van der Waals surface area contributed by atoms with Crippen molar-refractivity contribution < 1.29 is 0 Å². The fraction of sp³-hybridized carbons (Fsp3) is 1.00. The van der Waals surface area contributed by atoms with E-state index in [-0.39, 0.29) is 0 Å². The Hall–Kier alpha value is -0.0800. The summed E-state index contributed by atoms with van der Waals surface area (Å²) in [5, 5.41) is 3.93. The van der Waals surface area contributed by atoms with Crippen molar-refractivity contribution in [3.63, 3.8) is 0 Å². The zero-order chi connectivity index (χ0) is 13.0. The van der Waals surface area contributed by atoms with Gasteiger partial charge in [-0.15, -0.1) is 0 Å². The first-order valence-corrected chi connectivity index (χ1v) is 7.94. The molecule has 0 aromatic heterocycles. The van der Waals surface area contributed by atoms with E-state index in [1.165, 1.54) is 45.3 Å². The average Bonchev–Trinajstić information content (AvgIpc) is 3.17. The smallest absolute Gasteiger partial charge is 0.0335 e. The summed E-state index contributed by atoms with van der Waals surface area (Å²) in [5.41, 5.74) is 0.821. The second kappa shape index (κ2) is 4.21. The molecule has 0 amide bonds. The van der Waals surface area contributed by atoms with Crippen LogP contribution in [0.25, 0.3) is 0 Å². The number of hydrogen-bond donors (Lipinski definition) is 1. The van der Waals surface area contributed by atoms with E-state index < -0.39 is 0 Å². The molecule has 1 aliphatic heterocycles. The van der Waals surface area contributed by atoms with Gasteiger partial charge < -0.3 is 5.32 Å². The zero-order valence-electron chi connectivity index (χ0n) is 12.6. The zero-order valence-corrected chi connectivity index (χ0v) is 12.6. The van der Waals surface area contributed by atoms with Gasteiger partial charge in [-0.3, -0.25) is 4.90 Å². The topological polar surface area (TPSA) is 15.3 Å². The molecule has 3 rings (SSSR count). The van der Waals surface area contributed by atoms with Gasteiger partial charge >= 0.3 is 0 Å². The van der Waals surface area contributed by atoms with Gasteiger partial charge in [-0.25, -0.2) is 0 Å². The minimum Gasteiger partial charge on any atom is -0.308 e. The minimum atomic E-state index is 0.392. The Kier molecular flexibility index (Phi) is 3.02. The third kappa shape index (κ3) is 2.22. The van der Waals surface area contributed by atoms with E-state index in [1.54, 1.807) is 0 Å². The lowest BCUT2D eigenvalue weighted by Gasteiger charge is -2.53. The molecule has 0 spiro atoms. The van der Waals surface area contributed by atoms with Gasteiger partial charge in [0.15, 0.2) is 0 Å². The van der Waals surface area contributed by atoms with E-state index in [0.29, 0.717) is 11.1 Å². The van der Waals surface area contributed by atoms with Gasteiger partial charge in [-0.2, -0.15) is 0 Å². The highest BCUT2D eigenvalue weighted by atomic mass is 15.3. The maximum Gasteiger partial charge on any atom is 0.0335 e. The first-order chi connectivity index (χ1) is 8.44. The Morgan fingerprint density at radius 2 is 1.72 bits per heavy atom. The van der Waals surface area contributed by atoms with Crippen molar-refractivity contribution >= 4 is 0 Å². The predicted molar refractivity (Wildman–Crippen MR) is 76.7 cm³/mol. The van der Waals surface area contributed by atoms with E-state index >= 15 is 0 Å². The van der Waals surface area contributed by atoms with Crippen molar-refractivity contribution in [3.05, 3.63) is 0 Å². The Morgan fingerprint density at radius 3 is 2.22 bits per heavy atom. The summed E-state index contributed by atoms with van der Waals surface area (Å²) in [5.74, 6) is 2.67. The molecule has 2 heteroatoms. The van der Waals surface area contributed by atoms with Gasteiger partial charge in [0.05, 0.1) is 0 Å². The van der Waals surface area contributed by atoms with Crippen LogP contribution in [0.1, 0.15) is 53.4 Å². The highest BCUT2D eigenvalue weighted by Gasteiger charge is 2.53. The van der Waals surface area contributed by atoms with E-state index in [4.69, 9.17) is 0 Å². The van der Waals surface area contributed by atoms with Crippen molar-refractivity contribution in [1.82, 2.24) is 10.2 Å². The average molecular weight is 250 g/mol. The predicted octanol–water partition coefficient (Wildman–Crippen LogP) is 2.89. The first-order valence-electron chi connectivity index (χ1n) is 7.94. The Bertz CT molecular complexity index is 319. The summed E-state index contributed by atoms with van der Waals surface area (Å²) >= 11 is 0. The van der Waals surface area contributed by atoms with E-state index in [9.17, 15) is 0 Å². The fourth-order valence-corrected chi connectivity index (χ4v) is 3.94. The molecule has 1 N–H and O–H groups in total. The van der Waals surface area contributed by atoms with Crippen molar-refractivity contribution in [2.45, 2.75) is 64.5 Å². The van der Waals surface area contributed by atoms with Gasteiger partial charge in [0.1, 0.15) is 0 Å². The maximum absolute atomic E-state index is 3.93. The second-order valence-corrected chi connectivity index (χ2v) is 7.95. The van der Waals surface area contributed by atoms with Crippen LogP contribution in [0, 0.1) is 17.8 Å². The summed E-state index contributed by atoms with van der Waals surface area (Å²) in [6, 6.07) is 0. The molecule has 0 aromatic carbocycles. The number of nitrogens with one attached hydrogen (secondary N) is 1. The molecule has 2 unspecified atom stereocenters. The van der Waals surface area contributed by atoms with Gasteiger partial charge in [-0.1, -0.05) is 13.8 Å². The number of hydrogen-bond acceptors (Lipinski definition) is 2. The second-order valence-electron chi connectivity index (χ2n) is 7.95. The van der Waals surface area contributed by atoms with Crippen molar-refractivity contribution in [1.29, 1.82) is 0 Å². The highest BCUT2D eigenvalue weighted by Crippen LogP contribution is 2.48. The van der Waals surface area contributed by atoms with Crippen LogP contribution in [-0.2, 0) is 0 Å². The third-order valence-corrected chi connectivity index (χ3v) is 5.61. The lowest BCUT2D eigenvalue weighted by atomic mass is 9.82. The number of nitrogens with zero attached hydrogens (tertiary/aromatic N) is 1. The molecule has 104 valence electrons. The highest BCUT2D eigenvalue weighted by molar-refractivity contribution is 5.11. The normalized spacial score (nSPS) is 42.5. The lowest BCUT2D eigenvalue weighted by molar-refractivity contribution is -0.00822. The summed E-state index contributed by atoms with van der Waals surface area (Å²) in [6.07, 6.45) is 5.79. The van der Waals surface area contributed by atoms with Gasteiger partial charge in [0.25, 0.3) is 0 Å². The standard InChI is InChI=1S/C16H30N2/c1-12(2)9-18-11-15(3,13-5-6-13)17-10-16(18,4)14-7-8-14/h12-14,17H,5-11H2,1-4H3. The molecule has 0 radical (unpaired) electrons. The quantitative estimate of drug-likeness (QED) is 0.825. The van der Waals surface area contributed by atoms with Crippen LogP contribution in [0.5, 0.6) is 0 Å². The van der Waals surface area contributed by atoms with Crippen LogP contribution in [-0.4, -0.2) is 35.6 Å². The summed E-state index contributed by atoms with van der Waals surface area (Å²) in [4.78, 5) is 2.84. The third-order valence-electron chi connectivity index (χ3n) is 5.61. The largest absolute Gasteiger partial charge is 0.308 e. The van der Waals surface area contributed by atoms with Gasteiger partial charge in [0.2, 0.25) is 0 Å². The SMILES string of the molecule is CC(C)CN1CC(C)(C2CC2)NCC1(C)C1CC1. The van der Waals surface area contributed by atoms with E-state index in [1.807, 2.05) is 0 Å². The summed E-state index contributed by atoms with van der Waals surface area (Å²) in [7, 11) is 0. The molecule has 3 fully saturated rings. The van der Waals surface area contributed by atoms with Crippen LogP contribution in [0.4, 0.5) is 0 Å². The lowest BCUT2D eigenvalue weighted by Crippen LogP contribution is -2.70. The van der Waals surface area contributed by atoms with Crippen LogP contribution >= 0.6 is 0 Å². The molecule has 2 aliphatic carbocycles. The molecule has 0 aromatic rings. The van der Waals surface area contributed by atoms with Crippen LogP contribution in [0.2, 0.25) is 0 Å². The van der Waals surface area contributed by atoms with Crippen molar-refractivity contribution in [2.24, 2.45) is 17.8 Å². The monoisotopic (exact) mass is 250 g/mol. The summed E-state index contributed by atoms with van der Waals surface area (Å²) < 4.78 is 0. The van der Waals surface area contributed by atoms with Gasteiger partial charge in [-0.05, 0) is 57.3 Å². The molecule has 1 saturated heterocycles. The van der Waals surface area contributed by atoms with Crippen molar-refractivity contribution in [2.75, 3.05) is 19.6 Å². The molecule has 18 heavy (non-hydrogen) atoms.